The molecule has 0 aliphatic heterocycles. The standard InChI is InChI=1S/C13H9BrCl3NO/c14-9-1-2-11(18-6-9)7-19-13-8(5-15)3-10(16)4-12(13)17/h1-4,6H,5,7H2. The van der Waals surface area contributed by atoms with Gasteiger partial charge in [0, 0.05) is 21.3 Å². The van der Waals surface area contributed by atoms with Crippen molar-refractivity contribution in [3.05, 3.63) is 56.2 Å². The summed E-state index contributed by atoms with van der Waals surface area (Å²) in [7, 11) is 0. The molecule has 2 rings (SSSR count). The van der Waals surface area contributed by atoms with Crippen LogP contribution in [0.1, 0.15) is 11.3 Å². The van der Waals surface area contributed by atoms with E-state index >= 15 is 0 Å². The van der Waals surface area contributed by atoms with Gasteiger partial charge >= 0.3 is 0 Å². The van der Waals surface area contributed by atoms with Crippen LogP contribution in [0.4, 0.5) is 0 Å². The summed E-state index contributed by atoms with van der Waals surface area (Å²) < 4.78 is 6.61. The predicted octanol–water partition coefficient (Wildman–Crippen LogP) is 5.47. The van der Waals surface area contributed by atoms with Gasteiger partial charge in [0.2, 0.25) is 0 Å². The Bertz CT molecular complexity index is 575. The van der Waals surface area contributed by atoms with Crippen LogP contribution in [0, 0.1) is 0 Å². The molecule has 0 aliphatic rings. The fourth-order valence-electron chi connectivity index (χ4n) is 1.51. The van der Waals surface area contributed by atoms with Gasteiger partial charge in [0.1, 0.15) is 12.4 Å². The number of halogens is 4. The summed E-state index contributed by atoms with van der Waals surface area (Å²) >= 11 is 21.2. The lowest BCUT2D eigenvalue weighted by Crippen LogP contribution is -2.00. The number of alkyl halides is 1. The number of hydrogen-bond donors (Lipinski definition) is 0. The SMILES string of the molecule is ClCc1cc(Cl)cc(Cl)c1OCc1ccc(Br)cn1. The van der Waals surface area contributed by atoms with Gasteiger partial charge in [-0.3, -0.25) is 4.98 Å². The maximum absolute atomic E-state index is 6.11. The van der Waals surface area contributed by atoms with E-state index in [0.29, 0.717) is 22.4 Å². The summed E-state index contributed by atoms with van der Waals surface area (Å²) in [6.45, 7) is 0.318. The fourth-order valence-corrected chi connectivity index (χ4v) is 2.54. The molecular formula is C13H9BrCl3NO. The monoisotopic (exact) mass is 379 g/mol. The molecular weight excluding hydrogens is 372 g/mol. The first-order chi connectivity index (χ1) is 9.10. The third-order valence-electron chi connectivity index (χ3n) is 2.38. The van der Waals surface area contributed by atoms with Crippen LogP contribution in [0.15, 0.2) is 34.9 Å². The molecule has 0 spiro atoms. The lowest BCUT2D eigenvalue weighted by atomic mass is 10.2. The highest BCUT2D eigenvalue weighted by Crippen LogP contribution is 2.33. The predicted molar refractivity (Wildman–Crippen MR) is 82.3 cm³/mol. The van der Waals surface area contributed by atoms with Crippen LogP contribution in [-0.2, 0) is 12.5 Å². The van der Waals surface area contributed by atoms with Crippen molar-refractivity contribution in [1.29, 1.82) is 0 Å². The fraction of sp³-hybridized carbons (Fsp3) is 0.154. The van der Waals surface area contributed by atoms with Gasteiger partial charge in [-0.2, -0.15) is 0 Å². The Labute approximate surface area is 134 Å². The normalized spacial score (nSPS) is 10.5. The van der Waals surface area contributed by atoms with E-state index in [1.165, 1.54) is 0 Å². The van der Waals surface area contributed by atoms with Gasteiger partial charge in [0.25, 0.3) is 0 Å². The molecule has 19 heavy (non-hydrogen) atoms. The summed E-state index contributed by atoms with van der Waals surface area (Å²) in [5, 5.41) is 0.982. The summed E-state index contributed by atoms with van der Waals surface area (Å²) in [5.74, 6) is 0.828. The first-order valence-corrected chi connectivity index (χ1v) is 7.45. The van der Waals surface area contributed by atoms with Gasteiger partial charge in [-0.25, -0.2) is 0 Å². The summed E-state index contributed by atoms with van der Waals surface area (Å²) in [5.41, 5.74) is 1.56. The highest BCUT2D eigenvalue weighted by molar-refractivity contribution is 9.10. The quantitative estimate of drug-likeness (QED) is 0.655. The highest BCUT2D eigenvalue weighted by Gasteiger charge is 2.10. The zero-order valence-electron chi connectivity index (χ0n) is 9.67. The molecule has 0 atom stereocenters. The van der Waals surface area contributed by atoms with E-state index in [1.807, 2.05) is 12.1 Å². The number of hydrogen-bond acceptors (Lipinski definition) is 2. The van der Waals surface area contributed by atoms with Crippen LogP contribution in [0.25, 0.3) is 0 Å². The Hall–Kier alpha value is -0.480. The van der Waals surface area contributed by atoms with Gasteiger partial charge in [0.05, 0.1) is 16.6 Å². The van der Waals surface area contributed by atoms with Crippen molar-refractivity contribution in [3.8, 4) is 5.75 Å². The molecule has 0 bridgehead atoms. The Morgan fingerprint density at radius 1 is 1.21 bits per heavy atom. The molecule has 1 aromatic carbocycles. The minimum Gasteiger partial charge on any atom is -0.485 e. The van der Waals surface area contributed by atoms with Crippen LogP contribution < -0.4 is 4.74 Å². The van der Waals surface area contributed by atoms with Crippen molar-refractivity contribution in [2.24, 2.45) is 0 Å². The Morgan fingerprint density at radius 3 is 2.63 bits per heavy atom. The van der Waals surface area contributed by atoms with Crippen LogP contribution in [0.5, 0.6) is 5.75 Å². The smallest absolute Gasteiger partial charge is 0.142 e. The second-order valence-electron chi connectivity index (χ2n) is 3.77. The van der Waals surface area contributed by atoms with E-state index < -0.39 is 0 Å². The lowest BCUT2D eigenvalue weighted by molar-refractivity contribution is 0.299. The topological polar surface area (TPSA) is 22.1 Å². The van der Waals surface area contributed by atoms with Crippen LogP contribution in [0.2, 0.25) is 10.0 Å². The first kappa shape index (κ1) is 14.9. The van der Waals surface area contributed by atoms with Crippen molar-refractivity contribution in [3.63, 3.8) is 0 Å². The van der Waals surface area contributed by atoms with Gasteiger partial charge in [-0.1, -0.05) is 23.2 Å². The second-order valence-corrected chi connectivity index (χ2v) is 5.79. The molecule has 1 heterocycles. The Kier molecular flexibility index (Phi) is 5.34. The van der Waals surface area contributed by atoms with Crippen LogP contribution in [-0.4, -0.2) is 4.98 Å². The minimum absolute atomic E-state index is 0.281. The summed E-state index contributed by atoms with van der Waals surface area (Å²) in [4.78, 5) is 4.22. The van der Waals surface area contributed by atoms with E-state index in [9.17, 15) is 0 Å². The second kappa shape index (κ2) is 6.80. The first-order valence-electron chi connectivity index (χ1n) is 5.37. The summed E-state index contributed by atoms with van der Waals surface area (Å²) in [6, 6.07) is 7.14. The highest BCUT2D eigenvalue weighted by atomic mass is 79.9. The Morgan fingerprint density at radius 2 is 2.00 bits per heavy atom. The molecule has 0 N–H and O–H groups in total. The van der Waals surface area contributed by atoms with Gasteiger partial charge in [-0.05, 0) is 40.2 Å². The summed E-state index contributed by atoms with van der Waals surface area (Å²) in [6.07, 6.45) is 1.71. The maximum atomic E-state index is 6.11. The molecule has 2 nitrogen and oxygen atoms in total. The maximum Gasteiger partial charge on any atom is 0.142 e. The number of pyridine rings is 1. The lowest BCUT2D eigenvalue weighted by Gasteiger charge is -2.12. The number of ether oxygens (including phenoxy) is 1. The number of nitrogens with zero attached hydrogens (tertiary/aromatic N) is 1. The molecule has 0 amide bonds. The van der Waals surface area contributed by atoms with Crippen molar-refractivity contribution >= 4 is 50.7 Å². The molecule has 0 aliphatic carbocycles. The van der Waals surface area contributed by atoms with E-state index in [-0.39, 0.29) is 5.88 Å². The van der Waals surface area contributed by atoms with Gasteiger partial charge in [0.15, 0.2) is 0 Å². The molecule has 0 fully saturated rings. The zero-order valence-corrected chi connectivity index (χ0v) is 13.5. The average molecular weight is 381 g/mol. The average Bonchev–Trinajstić information content (AvgIpc) is 2.39. The van der Waals surface area contributed by atoms with E-state index in [0.717, 1.165) is 15.7 Å². The van der Waals surface area contributed by atoms with E-state index in [2.05, 4.69) is 20.9 Å². The molecule has 0 radical (unpaired) electrons. The zero-order chi connectivity index (χ0) is 13.8. The van der Waals surface area contributed by atoms with Crippen molar-refractivity contribution < 1.29 is 4.74 Å². The number of aromatic nitrogens is 1. The van der Waals surface area contributed by atoms with Gasteiger partial charge in [-0.15, -0.1) is 11.6 Å². The number of benzene rings is 1. The van der Waals surface area contributed by atoms with E-state index in [1.54, 1.807) is 18.3 Å². The third-order valence-corrected chi connectivity index (χ3v) is 3.64. The van der Waals surface area contributed by atoms with Crippen molar-refractivity contribution in [2.75, 3.05) is 0 Å². The molecule has 2 aromatic rings. The number of rotatable bonds is 4. The van der Waals surface area contributed by atoms with Crippen molar-refractivity contribution in [1.82, 2.24) is 4.98 Å². The third kappa shape index (κ3) is 3.99. The molecule has 1 aromatic heterocycles. The largest absolute Gasteiger partial charge is 0.485 e. The molecule has 100 valence electrons. The van der Waals surface area contributed by atoms with E-state index in [4.69, 9.17) is 39.5 Å². The molecule has 0 saturated heterocycles. The van der Waals surface area contributed by atoms with Crippen LogP contribution >= 0.6 is 50.7 Å². The Balaban J connectivity index is 2.17. The molecule has 0 unspecified atom stereocenters. The molecule has 0 saturated carbocycles. The van der Waals surface area contributed by atoms with Crippen LogP contribution in [0.3, 0.4) is 0 Å². The van der Waals surface area contributed by atoms with Crippen molar-refractivity contribution in [2.45, 2.75) is 12.5 Å². The van der Waals surface area contributed by atoms with Gasteiger partial charge < -0.3 is 4.74 Å². The molecule has 6 heteroatoms. The minimum atomic E-state index is 0.281.